The lowest BCUT2D eigenvalue weighted by atomic mass is 10.0. The van der Waals surface area contributed by atoms with Crippen LogP contribution in [0, 0.1) is 13.8 Å². The van der Waals surface area contributed by atoms with E-state index in [0.29, 0.717) is 25.1 Å². The summed E-state index contributed by atoms with van der Waals surface area (Å²) in [5.74, 6) is -0.261. The van der Waals surface area contributed by atoms with E-state index < -0.39 is 10.0 Å². The van der Waals surface area contributed by atoms with Crippen molar-refractivity contribution in [1.29, 1.82) is 0 Å². The predicted octanol–water partition coefficient (Wildman–Crippen LogP) is 4.30. The summed E-state index contributed by atoms with van der Waals surface area (Å²) in [6.07, 6.45) is 0.700. The molecule has 1 amide bonds. The number of nitrogens with one attached hydrogen (secondary N) is 1. The molecule has 4 rings (SSSR count). The molecular formula is C24H24N2O3S. The highest BCUT2D eigenvalue weighted by molar-refractivity contribution is 7.89. The fourth-order valence-corrected chi connectivity index (χ4v) is 5.22. The minimum atomic E-state index is -3.62. The van der Waals surface area contributed by atoms with E-state index in [4.69, 9.17) is 0 Å². The molecule has 3 aromatic rings. The Kier molecular flexibility index (Phi) is 5.45. The van der Waals surface area contributed by atoms with Crippen LogP contribution in [0.2, 0.25) is 0 Å². The largest absolute Gasteiger partial charge is 0.322 e. The number of anilines is 1. The summed E-state index contributed by atoms with van der Waals surface area (Å²) < 4.78 is 27.7. The number of carbonyl (C=O) groups excluding carboxylic acids is 1. The van der Waals surface area contributed by atoms with E-state index in [9.17, 15) is 13.2 Å². The first kappa shape index (κ1) is 20.3. The third-order valence-electron chi connectivity index (χ3n) is 5.57. The number of benzene rings is 3. The van der Waals surface area contributed by atoms with Gasteiger partial charge in [0.1, 0.15) is 0 Å². The Morgan fingerprint density at radius 3 is 2.17 bits per heavy atom. The fraction of sp³-hybridized carbons (Fsp3) is 0.208. The van der Waals surface area contributed by atoms with E-state index in [1.54, 1.807) is 12.1 Å². The number of amides is 1. The molecule has 6 heteroatoms. The zero-order valence-electron chi connectivity index (χ0n) is 17.1. The second-order valence-electron chi connectivity index (χ2n) is 7.60. The van der Waals surface area contributed by atoms with Crippen LogP contribution in [0.25, 0.3) is 0 Å². The number of para-hydroxylation sites is 1. The average Bonchev–Trinajstić information content (AvgIpc) is 2.76. The van der Waals surface area contributed by atoms with E-state index in [2.05, 4.69) is 5.32 Å². The highest BCUT2D eigenvalue weighted by atomic mass is 32.2. The maximum absolute atomic E-state index is 13.1. The van der Waals surface area contributed by atoms with Crippen LogP contribution in [0.4, 0.5) is 5.69 Å². The summed E-state index contributed by atoms with van der Waals surface area (Å²) in [5.41, 5.74) is 5.40. The predicted molar refractivity (Wildman–Crippen MR) is 118 cm³/mol. The van der Waals surface area contributed by atoms with Crippen LogP contribution in [0.3, 0.4) is 0 Å². The molecule has 0 fully saturated rings. The molecule has 0 saturated heterocycles. The van der Waals surface area contributed by atoms with Crippen molar-refractivity contribution in [2.75, 3.05) is 11.9 Å². The molecule has 0 saturated carbocycles. The molecule has 1 heterocycles. The van der Waals surface area contributed by atoms with Crippen molar-refractivity contribution >= 4 is 21.6 Å². The zero-order chi connectivity index (χ0) is 21.3. The number of fused-ring (bicyclic) bond motifs is 1. The van der Waals surface area contributed by atoms with Crippen molar-refractivity contribution in [2.45, 2.75) is 31.7 Å². The quantitative estimate of drug-likeness (QED) is 0.684. The van der Waals surface area contributed by atoms with Gasteiger partial charge in [0, 0.05) is 24.3 Å². The molecule has 3 aromatic carbocycles. The molecule has 0 bridgehead atoms. The summed E-state index contributed by atoms with van der Waals surface area (Å²) in [6, 6.07) is 19.9. The summed E-state index contributed by atoms with van der Waals surface area (Å²) in [6.45, 7) is 4.70. The molecule has 0 aliphatic carbocycles. The van der Waals surface area contributed by atoms with Crippen molar-refractivity contribution in [3.63, 3.8) is 0 Å². The highest BCUT2D eigenvalue weighted by Gasteiger charge is 2.28. The van der Waals surface area contributed by atoms with Crippen LogP contribution in [0.15, 0.2) is 71.6 Å². The van der Waals surface area contributed by atoms with Crippen molar-refractivity contribution in [2.24, 2.45) is 0 Å². The molecule has 1 aliphatic heterocycles. The van der Waals surface area contributed by atoms with Crippen LogP contribution >= 0.6 is 0 Å². The molecule has 0 atom stereocenters. The van der Waals surface area contributed by atoms with Gasteiger partial charge in [-0.05, 0) is 66.8 Å². The monoisotopic (exact) mass is 420 g/mol. The minimum Gasteiger partial charge on any atom is -0.322 e. The minimum absolute atomic E-state index is 0.200. The SMILES string of the molecule is Cc1cccc(C)c1NC(=O)c1ccc(S(=O)(=O)N2CCc3ccccc3C2)cc1. The Bertz CT molecular complexity index is 1180. The lowest BCUT2D eigenvalue weighted by molar-refractivity contribution is 0.102. The number of aryl methyl sites for hydroxylation is 2. The second-order valence-corrected chi connectivity index (χ2v) is 9.54. The van der Waals surface area contributed by atoms with Gasteiger partial charge < -0.3 is 5.32 Å². The molecule has 1 N–H and O–H groups in total. The summed E-state index contributed by atoms with van der Waals surface area (Å²) in [5, 5.41) is 2.93. The van der Waals surface area contributed by atoms with Gasteiger partial charge in [-0.25, -0.2) is 8.42 Å². The van der Waals surface area contributed by atoms with Crippen molar-refractivity contribution in [1.82, 2.24) is 4.31 Å². The van der Waals surface area contributed by atoms with Crippen LogP contribution in [0.5, 0.6) is 0 Å². The fourth-order valence-electron chi connectivity index (χ4n) is 3.80. The summed E-state index contributed by atoms with van der Waals surface area (Å²) >= 11 is 0. The third-order valence-corrected chi connectivity index (χ3v) is 7.43. The molecule has 1 aliphatic rings. The van der Waals surface area contributed by atoms with Crippen LogP contribution < -0.4 is 5.32 Å². The molecule has 30 heavy (non-hydrogen) atoms. The Labute approximate surface area is 177 Å². The van der Waals surface area contributed by atoms with Gasteiger partial charge in [-0.2, -0.15) is 4.31 Å². The maximum atomic E-state index is 13.1. The average molecular weight is 421 g/mol. The van der Waals surface area contributed by atoms with Gasteiger partial charge in [0.25, 0.3) is 5.91 Å². The van der Waals surface area contributed by atoms with Gasteiger partial charge in [0.2, 0.25) is 10.0 Å². The zero-order valence-corrected chi connectivity index (χ0v) is 17.9. The number of hydrogen-bond acceptors (Lipinski definition) is 3. The van der Waals surface area contributed by atoms with E-state index in [1.165, 1.54) is 22.0 Å². The maximum Gasteiger partial charge on any atom is 0.255 e. The van der Waals surface area contributed by atoms with E-state index in [0.717, 1.165) is 22.4 Å². The lowest BCUT2D eigenvalue weighted by Gasteiger charge is -2.28. The van der Waals surface area contributed by atoms with Gasteiger partial charge in [-0.3, -0.25) is 4.79 Å². The molecule has 0 radical (unpaired) electrons. The first-order chi connectivity index (χ1) is 14.4. The summed E-state index contributed by atoms with van der Waals surface area (Å²) in [4.78, 5) is 12.8. The molecular weight excluding hydrogens is 396 g/mol. The van der Waals surface area contributed by atoms with Gasteiger partial charge in [0.15, 0.2) is 0 Å². The topological polar surface area (TPSA) is 66.5 Å². The van der Waals surface area contributed by atoms with Gasteiger partial charge in [0.05, 0.1) is 4.90 Å². The Morgan fingerprint density at radius 1 is 0.867 bits per heavy atom. The molecule has 0 unspecified atom stereocenters. The number of nitrogens with zero attached hydrogens (tertiary/aromatic N) is 1. The first-order valence-corrected chi connectivity index (χ1v) is 11.3. The lowest BCUT2D eigenvalue weighted by Crippen LogP contribution is -2.35. The van der Waals surface area contributed by atoms with Gasteiger partial charge in [-0.15, -0.1) is 0 Å². The number of rotatable bonds is 4. The Morgan fingerprint density at radius 2 is 1.50 bits per heavy atom. The van der Waals surface area contributed by atoms with Crippen molar-refractivity contribution < 1.29 is 13.2 Å². The van der Waals surface area contributed by atoms with E-state index >= 15 is 0 Å². The number of sulfonamides is 1. The second kappa shape index (κ2) is 8.05. The number of carbonyl (C=O) groups is 1. The van der Waals surface area contributed by atoms with Gasteiger partial charge in [-0.1, -0.05) is 42.5 Å². The Balaban J connectivity index is 1.52. The van der Waals surface area contributed by atoms with Gasteiger partial charge >= 0.3 is 0 Å². The summed E-state index contributed by atoms with van der Waals surface area (Å²) in [7, 11) is -3.62. The highest BCUT2D eigenvalue weighted by Crippen LogP contribution is 2.25. The third kappa shape index (κ3) is 3.88. The normalized spacial score (nSPS) is 14.2. The van der Waals surface area contributed by atoms with E-state index in [-0.39, 0.29) is 10.8 Å². The smallest absolute Gasteiger partial charge is 0.255 e. The van der Waals surface area contributed by atoms with E-state index in [1.807, 2.05) is 56.3 Å². The Hall–Kier alpha value is -2.96. The van der Waals surface area contributed by atoms with Crippen LogP contribution in [-0.4, -0.2) is 25.2 Å². The van der Waals surface area contributed by atoms with Crippen LogP contribution in [-0.2, 0) is 23.0 Å². The molecule has 0 aromatic heterocycles. The van der Waals surface area contributed by atoms with Crippen molar-refractivity contribution in [3.8, 4) is 0 Å². The first-order valence-electron chi connectivity index (χ1n) is 9.91. The van der Waals surface area contributed by atoms with Crippen molar-refractivity contribution in [3.05, 3.63) is 94.5 Å². The van der Waals surface area contributed by atoms with Crippen LogP contribution in [0.1, 0.15) is 32.6 Å². The molecule has 154 valence electrons. The molecule has 5 nitrogen and oxygen atoms in total. The standard InChI is InChI=1S/C24H24N2O3S/c1-17-6-5-7-18(2)23(17)25-24(27)20-10-12-22(13-11-20)30(28,29)26-15-14-19-8-3-4-9-21(19)16-26/h3-13H,14-16H2,1-2H3,(H,25,27). The molecule has 0 spiro atoms. The number of hydrogen-bond donors (Lipinski definition) is 1.